The van der Waals surface area contributed by atoms with Crippen molar-refractivity contribution in [2.45, 2.75) is 32.4 Å². The third-order valence-electron chi connectivity index (χ3n) is 2.70. The molecule has 1 fully saturated rings. The molecule has 0 aromatic heterocycles. The van der Waals surface area contributed by atoms with Gasteiger partial charge in [-0.3, -0.25) is 4.90 Å². The summed E-state index contributed by atoms with van der Waals surface area (Å²) < 4.78 is 5.33. The summed E-state index contributed by atoms with van der Waals surface area (Å²) in [6.07, 6.45) is -0.237. The molecule has 0 radical (unpaired) electrons. The van der Waals surface area contributed by atoms with Crippen LogP contribution in [0, 0.1) is 0 Å². The molecule has 5 heteroatoms. The Kier molecular flexibility index (Phi) is 4.15. The van der Waals surface area contributed by atoms with Crippen molar-refractivity contribution in [3.8, 4) is 0 Å². The van der Waals surface area contributed by atoms with Gasteiger partial charge >= 0.3 is 6.09 Å². The van der Waals surface area contributed by atoms with Gasteiger partial charge in [-0.15, -0.1) is 0 Å². The monoisotopic (exact) mass is 229 g/mol. The zero-order valence-electron chi connectivity index (χ0n) is 10.7. The van der Waals surface area contributed by atoms with Gasteiger partial charge < -0.3 is 15.4 Å². The maximum absolute atomic E-state index is 11.8. The number of likely N-dealkylation sites (N-methyl/N-ethyl adjacent to an activating group) is 1. The van der Waals surface area contributed by atoms with Crippen LogP contribution >= 0.6 is 0 Å². The van der Waals surface area contributed by atoms with E-state index in [0.29, 0.717) is 19.6 Å². The van der Waals surface area contributed by atoms with Crippen LogP contribution in [-0.4, -0.2) is 60.8 Å². The molecule has 1 saturated heterocycles. The molecule has 0 bridgehead atoms. The zero-order chi connectivity index (χ0) is 12.3. The maximum atomic E-state index is 11.8. The van der Waals surface area contributed by atoms with Crippen molar-refractivity contribution in [1.82, 2.24) is 9.80 Å². The van der Waals surface area contributed by atoms with Gasteiger partial charge in [-0.25, -0.2) is 4.79 Å². The molecule has 1 unspecified atom stereocenters. The first-order valence-corrected chi connectivity index (χ1v) is 5.71. The van der Waals surface area contributed by atoms with E-state index in [1.54, 1.807) is 4.90 Å². The van der Waals surface area contributed by atoms with Crippen LogP contribution in [0.4, 0.5) is 4.79 Å². The van der Waals surface area contributed by atoms with E-state index in [0.717, 1.165) is 6.54 Å². The zero-order valence-corrected chi connectivity index (χ0v) is 10.7. The fourth-order valence-electron chi connectivity index (χ4n) is 1.69. The minimum atomic E-state index is -0.432. The SMILES string of the molecule is CN1CCN(C(=O)OC(C)(C)C)CC1CN. The lowest BCUT2D eigenvalue weighted by molar-refractivity contribution is 0.00849. The van der Waals surface area contributed by atoms with Gasteiger partial charge in [-0.2, -0.15) is 0 Å². The molecular weight excluding hydrogens is 206 g/mol. The first-order chi connectivity index (χ1) is 7.33. The highest BCUT2D eigenvalue weighted by molar-refractivity contribution is 5.68. The van der Waals surface area contributed by atoms with Crippen LogP contribution in [0.15, 0.2) is 0 Å². The minimum absolute atomic E-state index is 0.237. The van der Waals surface area contributed by atoms with Crippen LogP contribution in [0.2, 0.25) is 0 Å². The lowest BCUT2D eigenvalue weighted by Crippen LogP contribution is -2.56. The molecule has 1 rings (SSSR count). The van der Waals surface area contributed by atoms with E-state index in [4.69, 9.17) is 10.5 Å². The molecule has 0 aromatic carbocycles. The molecule has 0 aliphatic carbocycles. The average Bonchev–Trinajstić information content (AvgIpc) is 2.15. The minimum Gasteiger partial charge on any atom is -0.444 e. The molecule has 1 heterocycles. The number of hydrogen-bond donors (Lipinski definition) is 1. The highest BCUT2D eigenvalue weighted by Crippen LogP contribution is 2.13. The van der Waals surface area contributed by atoms with Crippen molar-refractivity contribution in [2.24, 2.45) is 5.73 Å². The average molecular weight is 229 g/mol. The first-order valence-electron chi connectivity index (χ1n) is 5.71. The van der Waals surface area contributed by atoms with E-state index in [1.807, 2.05) is 27.8 Å². The number of hydrogen-bond acceptors (Lipinski definition) is 4. The van der Waals surface area contributed by atoms with Crippen LogP contribution in [-0.2, 0) is 4.74 Å². The van der Waals surface area contributed by atoms with Gasteiger partial charge in [0.05, 0.1) is 0 Å². The fraction of sp³-hybridized carbons (Fsp3) is 0.909. The molecule has 0 aromatic rings. The Bertz CT molecular complexity index is 250. The summed E-state index contributed by atoms with van der Waals surface area (Å²) in [5.41, 5.74) is 5.23. The van der Waals surface area contributed by atoms with Gasteiger partial charge in [-0.05, 0) is 27.8 Å². The molecule has 1 aliphatic heterocycles. The largest absolute Gasteiger partial charge is 0.444 e. The number of carbonyl (C=O) groups is 1. The normalized spacial score (nSPS) is 23.3. The molecule has 0 saturated carbocycles. The van der Waals surface area contributed by atoms with E-state index in [2.05, 4.69) is 4.90 Å². The third kappa shape index (κ3) is 3.64. The second-order valence-electron chi connectivity index (χ2n) is 5.30. The Balaban J connectivity index is 2.52. The van der Waals surface area contributed by atoms with Crippen LogP contribution in [0.3, 0.4) is 0 Å². The van der Waals surface area contributed by atoms with Gasteiger partial charge in [0.2, 0.25) is 0 Å². The second-order valence-corrected chi connectivity index (χ2v) is 5.30. The van der Waals surface area contributed by atoms with E-state index in [9.17, 15) is 4.79 Å². The molecule has 2 N–H and O–H groups in total. The number of ether oxygens (including phenoxy) is 1. The molecular formula is C11H23N3O2. The number of nitrogens with zero attached hydrogens (tertiary/aromatic N) is 2. The van der Waals surface area contributed by atoms with Gasteiger partial charge in [0, 0.05) is 32.2 Å². The van der Waals surface area contributed by atoms with Gasteiger partial charge in [0.1, 0.15) is 5.60 Å². The van der Waals surface area contributed by atoms with E-state index >= 15 is 0 Å². The molecule has 1 amide bonds. The van der Waals surface area contributed by atoms with Gasteiger partial charge in [0.15, 0.2) is 0 Å². The predicted octanol–water partition coefficient (Wildman–Crippen LogP) is 0.496. The molecule has 0 spiro atoms. The summed E-state index contributed by atoms with van der Waals surface area (Å²) in [6.45, 7) is 8.41. The quantitative estimate of drug-likeness (QED) is 0.711. The van der Waals surface area contributed by atoms with Crippen molar-refractivity contribution < 1.29 is 9.53 Å². The molecule has 94 valence electrons. The van der Waals surface area contributed by atoms with Crippen LogP contribution < -0.4 is 5.73 Å². The number of rotatable bonds is 1. The summed E-state index contributed by atoms with van der Waals surface area (Å²) in [4.78, 5) is 15.7. The topological polar surface area (TPSA) is 58.8 Å². The number of carbonyl (C=O) groups excluding carboxylic acids is 1. The molecule has 1 atom stereocenters. The van der Waals surface area contributed by atoms with Crippen LogP contribution in [0.25, 0.3) is 0 Å². The maximum Gasteiger partial charge on any atom is 0.410 e. The lowest BCUT2D eigenvalue weighted by Gasteiger charge is -2.39. The fourth-order valence-corrected chi connectivity index (χ4v) is 1.69. The van der Waals surface area contributed by atoms with Crippen LogP contribution in [0.5, 0.6) is 0 Å². The summed E-state index contributed by atoms with van der Waals surface area (Å²) in [5.74, 6) is 0. The van der Waals surface area contributed by atoms with Crippen molar-refractivity contribution in [1.29, 1.82) is 0 Å². The van der Waals surface area contributed by atoms with Crippen molar-refractivity contribution in [3.63, 3.8) is 0 Å². The van der Waals surface area contributed by atoms with E-state index < -0.39 is 5.60 Å². The highest BCUT2D eigenvalue weighted by Gasteiger charge is 2.29. The van der Waals surface area contributed by atoms with Gasteiger partial charge in [0.25, 0.3) is 0 Å². The lowest BCUT2D eigenvalue weighted by atomic mass is 10.2. The Morgan fingerprint density at radius 3 is 2.56 bits per heavy atom. The highest BCUT2D eigenvalue weighted by atomic mass is 16.6. The van der Waals surface area contributed by atoms with Crippen molar-refractivity contribution >= 4 is 6.09 Å². The summed E-state index contributed by atoms with van der Waals surface area (Å²) in [7, 11) is 2.03. The first kappa shape index (κ1) is 13.3. The Morgan fingerprint density at radius 2 is 2.06 bits per heavy atom. The van der Waals surface area contributed by atoms with Crippen molar-refractivity contribution in [2.75, 3.05) is 33.2 Å². The Hall–Kier alpha value is -0.810. The summed E-state index contributed by atoms with van der Waals surface area (Å²) in [6, 6.07) is 0.237. The van der Waals surface area contributed by atoms with Crippen LogP contribution in [0.1, 0.15) is 20.8 Å². The second kappa shape index (κ2) is 5.01. The Labute approximate surface area is 97.5 Å². The number of amides is 1. The number of nitrogens with two attached hydrogens (primary N) is 1. The smallest absolute Gasteiger partial charge is 0.410 e. The summed E-state index contributed by atoms with van der Waals surface area (Å²) in [5, 5.41) is 0. The van der Waals surface area contributed by atoms with Crippen molar-refractivity contribution in [3.05, 3.63) is 0 Å². The van der Waals surface area contributed by atoms with Gasteiger partial charge in [-0.1, -0.05) is 0 Å². The molecule has 16 heavy (non-hydrogen) atoms. The summed E-state index contributed by atoms with van der Waals surface area (Å²) >= 11 is 0. The Morgan fingerprint density at radius 1 is 1.44 bits per heavy atom. The third-order valence-corrected chi connectivity index (χ3v) is 2.70. The molecule has 1 aliphatic rings. The van der Waals surface area contributed by atoms with E-state index in [-0.39, 0.29) is 12.1 Å². The van der Waals surface area contributed by atoms with E-state index in [1.165, 1.54) is 0 Å². The standard InChI is InChI=1S/C11H23N3O2/c1-11(2,3)16-10(15)14-6-5-13(4)9(7-12)8-14/h9H,5-8,12H2,1-4H3. The number of piperazine rings is 1. The predicted molar refractivity (Wildman–Crippen MR) is 63.3 cm³/mol. The molecule has 5 nitrogen and oxygen atoms in total.